The molecule has 0 saturated carbocycles. The minimum absolute atomic E-state index is 0.0979. The third kappa shape index (κ3) is 2.66. The van der Waals surface area contributed by atoms with Crippen molar-refractivity contribution in [2.24, 2.45) is 5.92 Å². The summed E-state index contributed by atoms with van der Waals surface area (Å²) in [5.41, 5.74) is 0. The quantitative estimate of drug-likeness (QED) is 0.781. The van der Waals surface area contributed by atoms with Crippen molar-refractivity contribution in [1.82, 2.24) is 9.97 Å². The highest BCUT2D eigenvalue weighted by atomic mass is 35.5. The summed E-state index contributed by atoms with van der Waals surface area (Å²) in [7, 11) is 0. The molecule has 0 aliphatic rings. The van der Waals surface area contributed by atoms with E-state index < -0.39 is 0 Å². The van der Waals surface area contributed by atoms with E-state index >= 15 is 0 Å². The lowest BCUT2D eigenvalue weighted by atomic mass is 10.1. The summed E-state index contributed by atoms with van der Waals surface area (Å²) in [4.78, 5) is 11.1. The van der Waals surface area contributed by atoms with Crippen molar-refractivity contribution in [1.29, 1.82) is 0 Å². The highest BCUT2D eigenvalue weighted by molar-refractivity contribution is 7.18. The topological polar surface area (TPSA) is 35.0 Å². The van der Waals surface area contributed by atoms with E-state index in [1.54, 1.807) is 11.3 Å². The fraction of sp³-hybridized carbons (Fsp3) is 0.538. The molecule has 0 saturated heterocycles. The van der Waals surface area contributed by atoms with Gasteiger partial charge in [-0.05, 0) is 25.8 Å². The fourth-order valence-electron chi connectivity index (χ4n) is 1.89. The smallest absolute Gasteiger partial charge is 0.160 e. The van der Waals surface area contributed by atoms with Crippen LogP contribution in [0.15, 0.2) is 6.07 Å². The third-order valence-corrected chi connectivity index (χ3v) is 3.93. The van der Waals surface area contributed by atoms with Crippen LogP contribution in [-0.4, -0.2) is 16.6 Å². The first-order chi connectivity index (χ1) is 8.52. The lowest BCUT2D eigenvalue weighted by molar-refractivity contribution is 0.0235. The van der Waals surface area contributed by atoms with Crippen molar-refractivity contribution in [2.75, 3.05) is 6.61 Å². The second-order valence-electron chi connectivity index (χ2n) is 4.57. The van der Waals surface area contributed by atoms with Crippen molar-refractivity contribution in [3.05, 3.63) is 21.9 Å². The molecule has 2 aromatic rings. The molecule has 1 unspecified atom stereocenters. The highest BCUT2D eigenvalue weighted by Crippen LogP contribution is 2.31. The Morgan fingerprint density at radius 3 is 2.72 bits per heavy atom. The molecule has 2 heterocycles. The number of hydrogen-bond donors (Lipinski definition) is 0. The van der Waals surface area contributed by atoms with Crippen molar-refractivity contribution in [3.63, 3.8) is 0 Å². The van der Waals surface area contributed by atoms with Crippen LogP contribution in [0.4, 0.5) is 0 Å². The summed E-state index contributed by atoms with van der Waals surface area (Å²) in [5.74, 6) is 1.01. The van der Waals surface area contributed by atoms with E-state index in [9.17, 15) is 0 Å². The molecular weight excluding hydrogens is 268 g/mol. The maximum Gasteiger partial charge on any atom is 0.160 e. The molecule has 0 aliphatic carbocycles. The minimum atomic E-state index is -0.0979. The van der Waals surface area contributed by atoms with Gasteiger partial charge in [0.15, 0.2) is 5.82 Å². The van der Waals surface area contributed by atoms with Gasteiger partial charge in [-0.1, -0.05) is 25.4 Å². The maximum atomic E-state index is 6.22. The van der Waals surface area contributed by atoms with Gasteiger partial charge in [0.1, 0.15) is 16.1 Å². The molecule has 18 heavy (non-hydrogen) atoms. The van der Waals surface area contributed by atoms with Crippen molar-refractivity contribution >= 4 is 33.2 Å². The van der Waals surface area contributed by atoms with E-state index in [-0.39, 0.29) is 6.10 Å². The predicted octanol–water partition coefficient (Wildman–Crippen LogP) is 4.39. The number of halogens is 1. The number of aromatic nitrogens is 2. The Morgan fingerprint density at radius 2 is 2.11 bits per heavy atom. The van der Waals surface area contributed by atoms with Crippen LogP contribution in [0.25, 0.3) is 10.2 Å². The fourth-order valence-corrected chi connectivity index (χ4v) is 3.07. The molecule has 1 atom stereocenters. The molecule has 0 bridgehead atoms. The van der Waals surface area contributed by atoms with Crippen LogP contribution < -0.4 is 0 Å². The van der Waals surface area contributed by atoms with Crippen molar-refractivity contribution < 1.29 is 4.74 Å². The highest BCUT2D eigenvalue weighted by Gasteiger charge is 2.21. The average Bonchev–Trinajstić information content (AvgIpc) is 2.66. The van der Waals surface area contributed by atoms with Crippen molar-refractivity contribution in [3.8, 4) is 0 Å². The van der Waals surface area contributed by atoms with Gasteiger partial charge in [0.2, 0.25) is 0 Å². The number of thiophene rings is 1. The summed E-state index contributed by atoms with van der Waals surface area (Å²) >= 11 is 7.86. The molecular formula is C13H17ClN2OS. The first kappa shape index (κ1) is 13.7. The second kappa shape index (κ2) is 5.51. The Morgan fingerprint density at radius 1 is 1.39 bits per heavy atom. The summed E-state index contributed by atoms with van der Waals surface area (Å²) in [6, 6.07) is 2.02. The van der Waals surface area contributed by atoms with Gasteiger partial charge in [0, 0.05) is 16.9 Å². The molecule has 3 nitrogen and oxygen atoms in total. The lowest BCUT2D eigenvalue weighted by Gasteiger charge is -2.19. The van der Waals surface area contributed by atoms with E-state index in [4.69, 9.17) is 16.3 Å². The number of hydrogen-bond acceptors (Lipinski definition) is 4. The largest absolute Gasteiger partial charge is 0.370 e. The molecule has 0 spiro atoms. The normalized spacial score (nSPS) is 13.4. The first-order valence-corrected chi connectivity index (χ1v) is 7.27. The van der Waals surface area contributed by atoms with Gasteiger partial charge in [0.05, 0.1) is 0 Å². The Bertz CT molecular complexity index is 553. The average molecular weight is 285 g/mol. The van der Waals surface area contributed by atoms with Crippen LogP contribution in [0.2, 0.25) is 5.15 Å². The molecule has 0 fully saturated rings. The van der Waals surface area contributed by atoms with Crippen LogP contribution in [0.1, 0.15) is 37.6 Å². The zero-order chi connectivity index (χ0) is 13.3. The number of nitrogens with zero attached hydrogens (tertiary/aromatic N) is 2. The van der Waals surface area contributed by atoms with E-state index in [1.807, 2.05) is 19.9 Å². The number of rotatable bonds is 4. The van der Waals surface area contributed by atoms with Crippen LogP contribution in [0, 0.1) is 12.8 Å². The van der Waals surface area contributed by atoms with E-state index in [2.05, 4.69) is 23.8 Å². The molecule has 98 valence electrons. The van der Waals surface area contributed by atoms with Gasteiger partial charge in [0.25, 0.3) is 0 Å². The minimum Gasteiger partial charge on any atom is -0.370 e. The zero-order valence-electron chi connectivity index (χ0n) is 11.0. The Labute approximate surface area is 116 Å². The molecule has 5 heteroatoms. The Balaban J connectivity index is 2.49. The monoisotopic (exact) mass is 284 g/mol. The summed E-state index contributed by atoms with van der Waals surface area (Å²) in [6.07, 6.45) is -0.0979. The third-order valence-electron chi connectivity index (χ3n) is 2.69. The second-order valence-corrected chi connectivity index (χ2v) is 6.16. The number of fused-ring (bicyclic) bond motifs is 1. The standard InChI is InChI=1S/C13H17ClN2OS/c1-5-17-10(7(2)3)12-15-11(14)9-6-8(4)18-13(9)16-12/h6-7,10H,5H2,1-4H3. The first-order valence-electron chi connectivity index (χ1n) is 6.08. The molecule has 0 amide bonds. The Hall–Kier alpha value is -0.710. The van der Waals surface area contributed by atoms with Gasteiger partial charge in [-0.25, -0.2) is 9.97 Å². The molecule has 2 rings (SSSR count). The predicted molar refractivity (Wildman–Crippen MR) is 76.4 cm³/mol. The molecule has 0 aliphatic heterocycles. The molecule has 0 aromatic carbocycles. The van der Waals surface area contributed by atoms with Crippen LogP contribution in [0.3, 0.4) is 0 Å². The van der Waals surface area contributed by atoms with Crippen LogP contribution in [0.5, 0.6) is 0 Å². The van der Waals surface area contributed by atoms with Crippen LogP contribution in [-0.2, 0) is 4.74 Å². The van der Waals surface area contributed by atoms with Gasteiger partial charge in [-0.2, -0.15) is 0 Å². The number of aryl methyl sites for hydroxylation is 1. The molecule has 0 radical (unpaired) electrons. The zero-order valence-corrected chi connectivity index (χ0v) is 12.6. The van der Waals surface area contributed by atoms with Gasteiger partial charge >= 0.3 is 0 Å². The van der Waals surface area contributed by atoms with Crippen LogP contribution >= 0.6 is 22.9 Å². The maximum absolute atomic E-state index is 6.22. The Kier molecular flexibility index (Phi) is 4.20. The van der Waals surface area contributed by atoms with E-state index in [1.165, 1.54) is 4.88 Å². The number of ether oxygens (including phenoxy) is 1. The van der Waals surface area contributed by atoms with Crippen molar-refractivity contribution in [2.45, 2.75) is 33.8 Å². The van der Waals surface area contributed by atoms with Gasteiger partial charge < -0.3 is 4.74 Å². The SMILES string of the molecule is CCOC(c1nc(Cl)c2cc(C)sc2n1)C(C)C. The molecule has 0 N–H and O–H groups in total. The molecule has 2 aromatic heterocycles. The summed E-state index contributed by atoms with van der Waals surface area (Å²) < 4.78 is 5.72. The van der Waals surface area contributed by atoms with Gasteiger partial charge in [-0.3, -0.25) is 0 Å². The van der Waals surface area contributed by atoms with E-state index in [0.717, 1.165) is 10.2 Å². The summed E-state index contributed by atoms with van der Waals surface area (Å²) in [6.45, 7) is 8.86. The summed E-state index contributed by atoms with van der Waals surface area (Å²) in [5, 5.41) is 1.45. The lowest BCUT2D eigenvalue weighted by Crippen LogP contribution is -2.14. The van der Waals surface area contributed by atoms with E-state index in [0.29, 0.717) is 23.5 Å². The van der Waals surface area contributed by atoms with Gasteiger partial charge in [-0.15, -0.1) is 11.3 Å².